The molecule has 0 saturated heterocycles. The molecule has 1 aromatic carbocycles. The maximum Gasteiger partial charge on any atom is 0.328 e. The average molecular weight is 308 g/mol. The van der Waals surface area contributed by atoms with Crippen LogP contribution in [0.15, 0.2) is 36.4 Å². The van der Waals surface area contributed by atoms with Crippen LogP contribution in [0.5, 0.6) is 0 Å². The van der Waals surface area contributed by atoms with Crippen molar-refractivity contribution in [2.45, 2.75) is 6.92 Å². The summed E-state index contributed by atoms with van der Waals surface area (Å²) in [6, 6.07) is 8.93. The van der Waals surface area contributed by atoms with E-state index in [0.717, 1.165) is 28.6 Å². The number of aromatic nitrogens is 1. The van der Waals surface area contributed by atoms with Crippen molar-refractivity contribution in [3.8, 4) is 11.3 Å². The summed E-state index contributed by atoms with van der Waals surface area (Å²) in [5.41, 5.74) is 3.12. The van der Waals surface area contributed by atoms with Crippen LogP contribution in [0.1, 0.15) is 11.3 Å². The Morgan fingerprint density at radius 2 is 1.95 bits per heavy atom. The predicted molar refractivity (Wildman–Crippen MR) is 81.1 cm³/mol. The van der Waals surface area contributed by atoms with Gasteiger partial charge in [-0.15, -0.1) is 0 Å². The molecule has 0 amide bonds. The Hall–Kier alpha value is -1.84. The van der Waals surface area contributed by atoms with Gasteiger partial charge in [-0.2, -0.15) is 0 Å². The lowest BCUT2D eigenvalue weighted by molar-refractivity contribution is -0.131. The first-order valence-corrected chi connectivity index (χ1v) is 6.57. The Morgan fingerprint density at radius 1 is 1.20 bits per heavy atom. The van der Waals surface area contributed by atoms with E-state index in [2.05, 4.69) is 4.98 Å². The molecule has 0 bridgehead atoms. The fourth-order valence-electron chi connectivity index (χ4n) is 1.73. The summed E-state index contributed by atoms with van der Waals surface area (Å²) < 4.78 is 0. The lowest BCUT2D eigenvalue weighted by Crippen LogP contribution is -1.92. The van der Waals surface area contributed by atoms with Crippen molar-refractivity contribution < 1.29 is 9.90 Å². The predicted octanol–water partition coefficient (Wildman–Crippen LogP) is 4.46. The molecular weight excluding hydrogens is 297 g/mol. The summed E-state index contributed by atoms with van der Waals surface area (Å²) in [5.74, 6) is -0.988. The molecule has 0 aliphatic rings. The molecule has 0 unspecified atom stereocenters. The fraction of sp³-hybridized carbons (Fsp3) is 0.0667. The minimum atomic E-state index is -0.988. The van der Waals surface area contributed by atoms with Crippen molar-refractivity contribution in [1.29, 1.82) is 0 Å². The quantitative estimate of drug-likeness (QED) is 0.852. The number of carboxylic acids is 1. The molecule has 1 heterocycles. The third kappa shape index (κ3) is 3.38. The third-order valence-corrected chi connectivity index (χ3v) is 3.49. The average Bonchev–Trinajstić information content (AvgIpc) is 2.40. The van der Waals surface area contributed by atoms with Gasteiger partial charge in [0, 0.05) is 17.3 Å². The first-order valence-electron chi connectivity index (χ1n) is 5.81. The lowest BCUT2D eigenvalue weighted by atomic mass is 10.1. The minimum absolute atomic E-state index is 0.471. The number of benzene rings is 1. The summed E-state index contributed by atoms with van der Waals surface area (Å²) in [6.07, 6.45) is 2.60. The van der Waals surface area contributed by atoms with Gasteiger partial charge >= 0.3 is 5.97 Å². The molecule has 102 valence electrons. The highest BCUT2D eigenvalue weighted by molar-refractivity contribution is 6.42. The van der Waals surface area contributed by atoms with Gasteiger partial charge in [-0.05, 0) is 36.8 Å². The van der Waals surface area contributed by atoms with Crippen LogP contribution in [-0.4, -0.2) is 16.1 Å². The SMILES string of the molecule is Cc1nc(-c2ccc(Cl)c(Cl)c2)ccc1/C=C/C(=O)O. The highest BCUT2D eigenvalue weighted by atomic mass is 35.5. The molecule has 2 rings (SSSR count). The number of hydrogen-bond acceptors (Lipinski definition) is 2. The van der Waals surface area contributed by atoms with Crippen molar-refractivity contribution in [1.82, 2.24) is 4.98 Å². The molecule has 1 aromatic heterocycles. The van der Waals surface area contributed by atoms with E-state index in [-0.39, 0.29) is 0 Å². The standard InChI is InChI=1S/C15H11Cl2NO2/c1-9-10(4-7-15(19)20)3-6-14(18-9)11-2-5-12(16)13(17)8-11/h2-8H,1H3,(H,19,20)/b7-4+. The number of aryl methyl sites for hydroxylation is 1. The molecule has 0 fully saturated rings. The number of halogens is 2. The molecule has 0 spiro atoms. The van der Waals surface area contributed by atoms with Crippen LogP contribution in [0.3, 0.4) is 0 Å². The summed E-state index contributed by atoms with van der Waals surface area (Å²) in [5, 5.41) is 9.58. The molecule has 5 heteroatoms. The van der Waals surface area contributed by atoms with Gasteiger partial charge in [0.1, 0.15) is 0 Å². The number of carbonyl (C=O) groups is 1. The van der Waals surface area contributed by atoms with Gasteiger partial charge in [-0.1, -0.05) is 35.3 Å². The van der Waals surface area contributed by atoms with Crippen molar-refractivity contribution in [3.05, 3.63) is 57.7 Å². The number of pyridine rings is 1. The number of aliphatic carboxylic acids is 1. The van der Waals surface area contributed by atoms with E-state index in [4.69, 9.17) is 28.3 Å². The van der Waals surface area contributed by atoms with Crippen LogP contribution in [0, 0.1) is 6.92 Å². The van der Waals surface area contributed by atoms with E-state index in [9.17, 15) is 4.79 Å². The highest BCUT2D eigenvalue weighted by Gasteiger charge is 2.05. The monoisotopic (exact) mass is 307 g/mol. The zero-order chi connectivity index (χ0) is 14.7. The Kier molecular flexibility index (Phi) is 4.42. The van der Waals surface area contributed by atoms with Gasteiger partial charge in [0.2, 0.25) is 0 Å². The Bertz CT molecular complexity index is 696. The lowest BCUT2D eigenvalue weighted by Gasteiger charge is -2.06. The molecule has 0 radical (unpaired) electrons. The summed E-state index contributed by atoms with van der Waals surface area (Å²) in [6.45, 7) is 1.82. The number of hydrogen-bond donors (Lipinski definition) is 1. The van der Waals surface area contributed by atoms with E-state index in [1.807, 2.05) is 25.1 Å². The van der Waals surface area contributed by atoms with Gasteiger partial charge in [-0.25, -0.2) is 4.79 Å². The normalized spacial score (nSPS) is 10.9. The molecule has 2 aromatic rings. The van der Waals surface area contributed by atoms with Crippen LogP contribution in [0.25, 0.3) is 17.3 Å². The van der Waals surface area contributed by atoms with Crippen molar-refractivity contribution in [3.63, 3.8) is 0 Å². The molecule has 0 aliphatic carbocycles. The van der Waals surface area contributed by atoms with E-state index in [1.54, 1.807) is 12.1 Å². The van der Waals surface area contributed by atoms with Gasteiger partial charge < -0.3 is 5.11 Å². The largest absolute Gasteiger partial charge is 0.478 e. The van der Waals surface area contributed by atoms with Crippen LogP contribution in [0.2, 0.25) is 10.0 Å². The number of carboxylic acid groups (broad SMARTS) is 1. The van der Waals surface area contributed by atoms with Crippen LogP contribution in [0.4, 0.5) is 0 Å². The molecule has 0 atom stereocenters. The molecule has 1 N–H and O–H groups in total. The van der Waals surface area contributed by atoms with Gasteiger partial charge in [-0.3, -0.25) is 4.98 Å². The molecule has 0 aliphatic heterocycles. The maximum absolute atomic E-state index is 10.5. The Morgan fingerprint density at radius 3 is 2.55 bits per heavy atom. The Labute approximate surface area is 126 Å². The number of nitrogens with zero attached hydrogens (tertiary/aromatic N) is 1. The second kappa shape index (κ2) is 6.07. The second-order valence-electron chi connectivity index (χ2n) is 4.17. The van der Waals surface area contributed by atoms with Crippen LogP contribution < -0.4 is 0 Å². The third-order valence-electron chi connectivity index (χ3n) is 2.75. The molecule has 20 heavy (non-hydrogen) atoms. The van der Waals surface area contributed by atoms with Crippen molar-refractivity contribution in [2.75, 3.05) is 0 Å². The zero-order valence-electron chi connectivity index (χ0n) is 10.6. The summed E-state index contributed by atoms with van der Waals surface area (Å²) in [4.78, 5) is 15.0. The smallest absolute Gasteiger partial charge is 0.328 e. The van der Waals surface area contributed by atoms with Gasteiger partial charge in [0.15, 0.2) is 0 Å². The van der Waals surface area contributed by atoms with Gasteiger partial charge in [0.05, 0.1) is 15.7 Å². The van der Waals surface area contributed by atoms with E-state index in [1.165, 1.54) is 6.08 Å². The van der Waals surface area contributed by atoms with Crippen molar-refractivity contribution >= 4 is 35.2 Å². The highest BCUT2D eigenvalue weighted by Crippen LogP contribution is 2.28. The maximum atomic E-state index is 10.5. The fourth-order valence-corrected chi connectivity index (χ4v) is 2.02. The van der Waals surface area contributed by atoms with E-state index in [0.29, 0.717) is 10.0 Å². The first kappa shape index (κ1) is 14.6. The zero-order valence-corrected chi connectivity index (χ0v) is 12.1. The Balaban J connectivity index is 2.37. The van der Waals surface area contributed by atoms with Crippen LogP contribution in [-0.2, 0) is 4.79 Å². The van der Waals surface area contributed by atoms with Gasteiger partial charge in [0.25, 0.3) is 0 Å². The van der Waals surface area contributed by atoms with Crippen molar-refractivity contribution in [2.24, 2.45) is 0 Å². The number of rotatable bonds is 3. The minimum Gasteiger partial charge on any atom is -0.478 e. The molecule has 3 nitrogen and oxygen atoms in total. The topological polar surface area (TPSA) is 50.2 Å². The first-order chi connectivity index (χ1) is 9.47. The second-order valence-corrected chi connectivity index (χ2v) is 4.99. The molecular formula is C15H11Cl2NO2. The summed E-state index contributed by atoms with van der Waals surface area (Å²) >= 11 is 11.9. The van der Waals surface area contributed by atoms with Crippen LogP contribution >= 0.6 is 23.2 Å². The van der Waals surface area contributed by atoms with E-state index < -0.39 is 5.97 Å². The summed E-state index contributed by atoms with van der Waals surface area (Å²) in [7, 11) is 0. The van der Waals surface area contributed by atoms with E-state index >= 15 is 0 Å². The molecule has 0 saturated carbocycles.